The zero-order valence-corrected chi connectivity index (χ0v) is 17.8. The van der Waals surface area contributed by atoms with Crippen LogP contribution in [0.1, 0.15) is 23.2 Å². The molecule has 0 unspecified atom stereocenters. The minimum atomic E-state index is -3.61. The van der Waals surface area contributed by atoms with Crippen molar-refractivity contribution in [2.24, 2.45) is 5.92 Å². The fraction of sp³-hybridized carbons (Fsp3) is 0.368. The molecule has 0 atom stereocenters. The van der Waals surface area contributed by atoms with E-state index in [1.807, 2.05) is 0 Å². The van der Waals surface area contributed by atoms with Crippen LogP contribution in [-0.2, 0) is 14.8 Å². The standard InChI is InChI=1S/C19H23N3O5S2/c1-20-18(24)16-9-12-28-19(16)21-17(23)13-7-10-22(11-8-13)29(25,26)15-5-3-14(27-2)4-6-15/h3-6,9,12-13H,7-8,10-11H2,1-2H3,(H,20,24)(H,21,23). The number of carbonyl (C=O) groups is 2. The van der Waals surface area contributed by atoms with Crippen LogP contribution in [0.3, 0.4) is 0 Å². The molecule has 0 saturated carbocycles. The van der Waals surface area contributed by atoms with Crippen LogP contribution >= 0.6 is 11.3 Å². The quantitative estimate of drug-likeness (QED) is 0.721. The fourth-order valence-corrected chi connectivity index (χ4v) is 5.45. The number of sulfonamides is 1. The molecule has 2 aromatic rings. The monoisotopic (exact) mass is 437 g/mol. The van der Waals surface area contributed by atoms with E-state index in [4.69, 9.17) is 4.74 Å². The van der Waals surface area contributed by atoms with E-state index in [0.29, 0.717) is 29.2 Å². The van der Waals surface area contributed by atoms with E-state index in [-0.39, 0.29) is 35.7 Å². The molecule has 156 valence electrons. The minimum absolute atomic E-state index is 0.195. The lowest BCUT2D eigenvalue weighted by Crippen LogP contribution is -2.41. The van der Waals surface area contributed by atoms with Crippen molar-refractivity contribution in [1.29, 1.82) is 0 Å². The summed E-state index contributed by atoms with van der Waals surface area (Å²) in [7, 11) is -0.559. The first-order valence-corrected chi connectivity index (χ1v) is 11.4. The first-order valence-electron chi connectivity index (χ1n) is 9.11. The Morgan fingerprint density at radius 1 is 1.14 bits per heavy atom. The molecular weight excluding hydrogens is 414 g/mol. The Labute approximate surface area is 173 Å². The second-order valence-electron chi connectivity index (χ2n) is 6.59. The number of nitrogens with one attached hydrogen (secondary N) is 2. The summed E-state index contributed by atoms with van der Waals surface area (Å²) in [5.41, 5.74) is 0.422. The first kappa shape index (κ1) is 21.3. The van der Waals surface area contributed by atoms with Gasteiger partial charge >= 0.3 is 0 Å². The molecule has 8 nitrogen and oxygen atoms in total. The van der Waals surface area contributed by atoms with Crippen LogP contribution in [0, 0.1) is 5.92 Å². The van der Waals surface area contributed by atoms with E-state index < -0.39 is 10.0 Å². The first-order chi connectivity index (χ1) is 13.9. The molecular formula is C19H23N3O5S2. The Bertz CT molecular complexity index is 978. The van der Waals surface area contributed by atoms with Gasteiger partial charge in [0.25, 0.3) is 5.91 Å². The summed E-state index contributed by atoms with van der Waals surface area (Å²) in [5, 5.41) is 7.59. The second kappa shape index (κ2) is 8.93. The smallest absolute Gasteiger partial charge is 0.254 e. The van der Waals surface area contributed by atoms with Gasteiger partial charge in [0.15, 0.2) is 0 Å². The number of carbonyl (C=O) groups excluding carboxylic acids is 2. The van der Waals surface area contributed by atoms with E-state index in [2.05, 4.69) is 10.6 Å². The van der Waals surface area contributed by atoms with Gasteiger partial charge in [0.1, 0.15) is 10.8 Å². The molecule has 2 N–H and O–H groups in total. The highest BCUT2D eigenvalue weighted by molar-refractivity contribution is 7.89. The summed E-state index contributed by atoms with van der Waals surface area (Å²) in [5.74, 6) is -0.179. The lowest BCUT2D eigenvalue weighted by molar-refractivity contribution is -0.120. The van der Waals surface area contributed by atoms with Gasteiger partial charge in [-0.1, -0.05) is 0 Å². The summed E-state index contributed by atoms with van der Waals surface area (Å²) in [4.78, 5) is 24.7. The third-order valence-corrected chi connectivity index (χ3v) is 7.64. The van der Waals surface area contributed by atoms with Gasteiger partial charge in [-0.05, 0) is 48.6 Å². The highest BCUT2D eigenvalue weighted by atomic mass is 32.2. The molecule has 0 aliphatic carbocycles. The Morgan fingerprint density at radius 3 is 2.38 bits per heavy atom. The van der Waals surface area contributed by atoms with Crippen LogP contribution in [0.5, 0.6) is 5.75 Å². The zero-order valence-electron chi connectivity index (χ0n) is 16.2. The van der Waals surface area contributed by atoms with Crippen molar-refractivity contribution in [2.75, 3.05) is 32.6 Å². The van der Waals surface area contributed by atoms with E-state index >= 15 is 0 Å². The second-order valence-corrected chi connectivity index (χ2v) is 9.44. The molecule has 0 radical (unpaired) electrons. The van der Waals surface area contributed by atoms with E-state index in [1.165, 1.54) is 41.9 Å². The van der Waals surface area contributed by atoms with Crippen molar-refractivity contribution in [3.63, 3.8) is 0 Å². The van der Waals surface area contributed by atoms with Gasteiger partial charge in [0.05, 0.1) is 17.6 Å². The number of hydrogen-bond acceptors (Lipinski definition) is 6. The summed E-state index contributed by atoms with van der Waals surface area (Å²) < 4.78 is 32.1. The number of hydrogen-bond donors (Lipinski definition) is 2. The molecule has 10 heteroatoms. The van der Waals surface area contributed by atoms with Crippen LogP contribution in [0.15, 0.2) is 40.6 Å². The maximum atomic E-state index is 12.8. The molecule has 1 saturated heterocycles. The summed E-state index contributed by atoms with van der Waals surface area (Å²) in [6, 6.07) is 7.91. The van der Waals surface area contributed by atoms with Crippen molar-refractivity contribution in [3.8, 4) is 5.75 Å². The average molecular weight is 438 g/mol. The summed E-state index contributed by atoms with van der Waals surface area (Å²) in [6.45, 7) is 0.526. The lowest BCUT2D eigenvalue weighted by Gasteiger charge is -2.30. The van der Waals surface area contributed by atoms with E-state index in [1.54, 1.807) is 23.6 Å². The Balaban J connectivity index is 1.62. The van der Waals surface area contributed by atoms with Crippen LogP contribution < -0.4 is 15.4 Å². The molecule has 1 aromatic heterocycles. The molecule has 1 aliphatic heterocycles. The van der Waals surface area contributed by atoms with E-state index in [0.717, 1.165) is 0 Å². The normalized spacial score (nSPS) is 15.7. The van der Waals surface area contributed by atoms with Crippen molar-refractivity contribution in [1.82, 2.24) is 9.62 Å². The van der Waals surface area contributed by atoms with Gasteiger partial charge < -0.3 is 15.4 Å². The number of ether oxygens (including phenoxy) is 1. The van der Waals surface area contributed by atoms with Crippen molar-refractivity contribution < 1.29 is 22.7 Å². The molecule has 2 heterocycles. The van der Waals surface area contributed by atoms with Crippen LogP contribution in [0.25, 0.3) is 0 Å². The van der Waals surface area contributed by atoms with Gasteiger partial charge in [-0.3, -0.25) is 9.59 Å². The van der Waals surface area contributed by atoms with Crippen LogP contribution in [0.4, 0.5) is 5.00 Å². The largest absolute Gasteiger partial charge is 0.497 e. The highest BCUT2D eigenvalue weighted by Crippen LogP contribution is 2.28. The number of thiophene rings is 1. The molecule has 1 aromatic carbocycles. The average Bonchev–Trinajstić information content (AvgIpc) is 3.21. The Kier molecular flexibility index (Phi) is 6.56. The van der Waals surface area contributed by atoms with Crippen molar-refractivity contribution in [2.45, 2.75) is 17.7 Å². The number of rotatable bonds is 6. The van der Waals surface area contributed by atoms with Crippen LogP contribution in [-0.4, -0.2) is 51.8 Å². The van der Waals surface area contributed by atoms with Gasteiger partial charge in [-0.15, -0.1) is 11.3 Å². The van der Waals surface area contributed by atoms with Crippen molar-refractivity contribution >= 4 is 38.2 Å². The topological polar surface area (TPSA) is 105 Å². The maximum absolute atomic E-state index is 12.8. The molecule has 0 spiro atoms. The zero-order chi connectivity index (χ0) is 21.0. The van der Waals surface area contributed by atoms with Gasteiger partial charge in [-0.25, -0.2) is 8.42 Å². The SMILES string of the molecule is CNC(=O)c1ccsc1NC(=O)C1CCN(S(=O)(=O)c2ccc(OC)cc2)CC1. The molecule has 2 amide bonds. The Hall–Kier alpha value is -2.43. The highest BCUT2D eigenvalue weighted by Gasteiger charge is 2.32. The molecule has 0 bridgehead atoms. The molecule has 1 aliphatic rings. The van der Waals surface area contributed by atoms with E-state index in [9.17, 15) is 18.0 Å². The maximum Gasteiger partial charge on any atom is 0.254 e. The number of benzene rings is 1. The fourth-order valence-electron chi connectivity index (χ4n) is 3.19. The van der Waals surface area contributed by atoms with Gasteiger partial charge in [0.2, 0.25) is 15.9 Å². The third-order valence-electron chi connectivity index (χ3n) is 4.90. The number of nitrogens with zero attached hydrogens (tertiary/aromatic N) is 1. The third kappa shape index (κ3) is 4.60. The molecule has 3 rings (SSSR count). The number of methoxy groups -OCH3 is 1. The molecule has 29 heavy (non-hydrogen) atoms. The number of amides is 2. The van der Waals surface area contributed by atoms with Crippen molar-refractivity contribution in [3.05, 3.63) is 41.3 Å². The molecule has 1 fully saturated rings. The summed E-state index contributed by atoms with van der Waals surface area (Å²) >= 11 is 1.28. The summed E-state index contributed by atoms with van der Waals surface area (Å²) in [6.07, 6.45) is 0.837. The number of piperidine rings is 1. The van der Waals surface area contributed by atoms with Gasteiger partial charge in [0, 0.05) is 26.1 Å². The number of anilines is 1. The minimum Gasteiger partial charge on any atom is -0.497 e. The predicted molar refractivity (Wildman–Crippen MR) is 111 cm³/mol. The predicted octanol–water partition coefficient (Wildman–Crippen LogP) is 2.16. The lowest BCUT2D eigenvalue weighted by atomic mass is 9.97. The van der Waals surface area contributed by atoms with Crippen LogP contribution in [0.2, 0.25) is 0 Å². The van der Waals surface area contributed by atoms with Gasteiger partial charge in [-0.2, -0.15) is 4.31 Å². The Morgan fingerprint density at radius 2 is 1.79 bits per heavy atom.